The molecule has 0 heterocycles. The highest BCUT2D eigenvalue weighted by molar-refractivity contribution is 7.92. The number of anilines is 1. The molecule has 2 aromatic carbocycles. The summed E-state index contributed by atoms with van der Waals surface area (Å²) in [5.74, 6) is -0.888. The summed E-state index contributed by atoms with van der Waals surface area (Å²) >= 11 is 12.2. The highest BCUT2D eigenvalue weighted by Crippen LogP contribution is 2.25. The minimum atomic E-state index is -3.79. The second-order valence-corrected chi connectivity index (χ2v) is 12.5. The van der Waals surface area contributed by atoms with Crippen molar-refractivity contribution in [2.24, 2.45) is 0 Å². The van der Waals surface area contributed by atoms with Crippen LogP contribution in [0.1, 0.15) is 44.4 Å². The summed E-state index contributed by atoms with van der Waals surface area (Å²) in [5, 5.41) is 3.56. The fourth-order valence-corrected chi connectivity index (χ4v) is 4.75. The molecule has 192 valence electrons. The summed E-state index contributed by atoms with van der Waals surface area (Å²) in [6.07, 6.45) is 1.05. The third-order valence-corrected chi connectivity index (χ3v) is 7.06. The fraction of sp³-hybridized carbons (Fsp3) is 0.440. The lowest BCUT2D eigenvalue weighted by Crippen LogP contribution is -2.54. The van der Waals surface area contributed by atoms with E-state index in [1.807, 2.05) is 40.7 Å². The van der Waals surface area contributed by atoms with E-state index in [-0.39, 0.29) is 12.5 Å². The molecule has 0 spiro atoms. The standard InChI is InChI=1S/C25H33Cl2N3O4S/c1-16-10-17(2)12-20(11-16)30(35(7,33)34)15-23(31)29(18(3)24(32)28-25(4,5)6)14-19-8-9-21(26)22(27)13-19/h8-13,18H,14-15H2,1-7H3,(H,28,32)/t18-/m1/s1. The molecule has 0 radical (unpaired) electrons. The van der Waals surface area contributed by atoms with Crippen LogP contribution in [-0.4, -0.2) is 49.5 Å². The Hall–Kier alpha value is -2.29. The first kappa shape index (κ1) is 28.9. The molecular formula is C25H33Cl2N3O4S. The van der Waals surface area contributed by atoms with Gasteiger partial charge in [0.25, 0.3) is 0 Å². The minimum Gasteiger partial charge on any atom is -0.350 e. The number of hydrogen-bond donors (Lipinski definition) is 1. The highest BCUT2D eigenvalue weighted by atomic mass is 35.5. The third kappa shape index (κ3) is 8.40. The Morgan fingerprint density at radius 2 is 1.57 bits per heavy atom. The molecular weight excluding hydrogens is 509 g/mol. The van der Waals surface area contributed by atoms with E-state index in [9.17, 15) is 18.0 Å². The summed E-state index contributed by atoms with van der Waals surface area (Å²) in [4.78, 5) is 27.9. The number of carbonyl (C=O) groups excluding carboxylic acids is 2. The third-order valence-electron chi connectivity index (χ3n) is 5.18. The molecule has 0 aliphatic rings. The van der Waals surface area contributed by atoms with Gasteiger partial charge in [0.05, 0.1) is 22.0 Å². The van der Waals surface area contributed by atoms with E-state index in [0.717, 1.165) is 21.7 Å². The van der Waals surface area contributed by atoms with Crippen LogP contribution in [0.4, 0.5) is 5.69 Å². The largest absolute Gasteiger partial charge is 0.350 e. The lowest BCUT2D eigenvalue weighted by molar-refractivity contribution is -0.140. The maximum Gasteiger partial charge on any atom is 0.244 e. The molecule has 10 heteroatoms. The zero-order valence-electron chi connectivity index (χ0n) is 21.1. The quantitative estimate of drug-likeness (QED) is 0.524. The van der Waals surface area contributed by atoms with E-state index in [1.165, 1.54) is 4.90 Å². The Labute approximate surface area is 218 Å². The van der Waals surface area contributed by atoms with Crippen molar-refractivity contribution in [1.82, 2.24) is 10.2 Å². The Bertz CT molecular complexity index is 1190. The Morgan fingerprint density at radius 1 is 1.00 bits per heavy atom. The minimum absolute atomic E-state index is 0.0406. The van der Waals surface area contributed by atoms with Crippen molar-refractivity contribution in [3.8, 4) is 0 Å². The van der Waals surface area contributed by atoms with Crippen molar-refractivity contribution >= 4 is 50.7 Å². The van der Waals surface area contributed by atoms with Crippen LogP contribution in [0.25, 0.3) is 0 Å². The lowest BCUT2D eigenvalue weighted by atomic mass is 10.1. The number of halogens is 2. The van der Waals surface area contributed by atoms with Crippen LogP contribution in [-0.2, 0) is 26.2 Å². The van der Waals surface area contributed by atoms with Gasteiger partial charge in [-0.25, -0.2) is 8.42 Å². The predicted molar refractivity (Wildman–Crippen MR) is 142 cm³/mol. The van der Waals surface area contributed by atoms with Crippen molar-refractivity contribution in [2.45, 2.75) is 59.7 Å². The van der Waals surface area contributed by atoms with E-state index in [1.54, 1.807) is 37.3 Å². The first-order valence-corrected chi connectivity index (χ1v) is 13.7. The molecule has 1 N–H and O–H groups in total. The molecule has 2 rings (SSSR count). The Morgan fingerprint density at radius 3 is 2.06 bits per heavy atom. The van der Waals surface area contributed by atoms with Gasteiger partial charge < -0.3 is 10.2 Å². The molecule has 2 aromatic rings. The molecule has 2 amide bonds. The number of aryl methyl sites for hydroxylation is 2. The summed E-state index contributed by atoms with van der Waals surface area (Å²) in [5.41, 5.74) is 2.26. The van der Waals surface area contributed by atoms with Crippen molar-refractivity contribution in [1.29, 1.82) is 0 Å². The molecule has 0 fully saturated rings. The molecule has 1 atom stereocenters. The van der Waals surface area contributed by atoms with Crippen LogP contribution in [0.3, 0.4) is 0 Å². The zero-order valence-corrected chi connectivity index (χ0v) is 23.5. The molecule has 0 aliphatic heterocycles. The predicted octanol–water partition coefficient (Wildman–Crippen LogP) is 4.71. The number of sulfonamides is 1. The first-order chi connectivity index (χ1) is 16.0. The normalized spacial score (nSPS) is 12.7. The summed E-state index contributed by atoms with van der Waals surface area (Å²) in [7, 11) is -3.79. The van der Waals surface area contributed by atoms with Crippen LogP contribution in [0, 0.1) is 13.8 Å². The first-order valence-electron chi connectivity index (χ1n) is 11.1. The zero-order chi connectivity index (χ0) is 26.7. The maximum atomic E-state index is 13.6. The molecule has 0 aromatic heterocycles. The second kappa shape index (κ2) is 11.2. The van der Waals surface area contributed by atoms with Crippen LogP contribution in [0.5, 0.6) is 0 Å². The molecule has 35 heavy (non-hydrogen) atoms. The van der Waals surface area contributed by atoms with Gasteiger partial charge in [0, 0.05) is 12.1 Å². The van der Waals surface area contributed by atoms with Gasteiger partial charge in [0.2, 0.25) is 21.8 Å². The van der Waals surface area contributed by atoms with E-state index < -0.39 is 34.1 Å². The summed E-state index contributed by atoms with van der Waals surface area (Å²) < 4.78 is 26.4. The number of nitrogens with one attached hydrogen (secondary N) is 1. The topological polar surface area (TPSA) is 86.8 Å². The number of amides is 2. The molecule has 0 aliphatic carbocycles. The Balaban J connectivity index is 2.46. The monoisotopic (exact) mass is 541 g/mol. The number of benzene rings is 2. The fourth-order valence-electron chi connectivity index (χ4n) is 3.60. The van der Waals surface area contributed by atoms with Gasteiger partial charge >= 0.3 is 0 Å². The molecule has 0 bridgehead atoms. The number of hydrogen-bond acceptors (Lipinski definition) is 4. The van der Waals surface area contributed by atoms with Crippen LogP contribution in [0.2, 0.25) is 10.0 Å². The van der Waals surface area contributed by atoms with Crippen molar-refractivity contribution in [3.05, 3.63) is 63.1 Å². The van der Waals surface area contributed by atoms with E-state index >= 15 is 0 Å². The van der Waals surface area contributed by atoms with Crippen LogP contribution >= 0.6 is 23.2 Å². The molecule has 0 saturated heterocycles. The van der Waals surface area contributed by atoms with Gasteiger partial charge in [-0.2, -0.15) is 0 Å². The molecule has 0 unspecified atom stereocenters. The van der Waals surface area contributed by atoms with Gasteiger partial charge in [-0.05, 0) is 82.5 Å². The van der Waals surface area contributed by atoms with Gasteiger partial charge in [-0.1, -0.05) is 35.3 Å². The number of nitrogens with zero attached hydrogens (tertiary/aromatic N) is 2. The van der Waals surface area contributed by atoms with Crippen LogP contribution < -0.4 is 9.62 Å². The van der Waals surface area contributed by atoms with Crippen molar-refractivity contribution in [2.75, 3.05) is 17.1 Å². The van der Waals surface area contributed by atoms with Crippen LogP contribution in [0.15, 0.2) is 36.4 Å². The molecule has 7 nitrogen and oxygen atoms in total. The molecule has 0 saturated carbocycles. The van der Waals surface area contributed by atoms with Gasteiger partial charge in [0.15, 0.2) is 0 Å². The second-order valence-electron chi connectivity index (χ2n) is 9.80. The van der Waals surface area contributed by atoms with E-state index in [4.69, 9.17) is 23.2 Å². The summed E-state index contributed by atoms with van der Waals surface area (Å²) in [6.45, 7) is 10.4. The average molecular weight is 543 g/mol. The number of rotatable bonds is 8. The van der Waals surface area contributed by atoms with E-state index in [2.05, 4.69) is 5.32 Å². The van der Waals surface area contributed by atoms with Crippen molar-refractivity contribution in [3.63, 3.8) is 0 Å². The summed E-state index contributed by atoms with van der Waals surface area (Å²) in [6, 6.07) is 9.40. The van der Waals surface area contributed by atoms with Gasteiger partial charge in [0.1, 0.15) is 12.6 Å². The number of carbonyl (C=O) groups is 2. The van der Waals surface area contributed by atoms with Gasteiger partial charge in [-0.3, -0.25) is 13.9 Å². The van der Waals surface area contributed by atoms with Crippen molar-refractivity contribution < 1.29 is 18.0 Å². The van der Waals surface area contributed by atoms with Gasteiger partial charge in [-0.15, -0.1) is 0 Å². The maximum absolute atomic E-state index is 13.6. The van der Waals surface area contributed by atoms with E-state index in [0.29, 0.717) is 21.3 Å². The SMILES string of the molecule is Cc1cc(C)cc(N(CC(=O)N(Cc2ccc(Cl)c(Cl)c2)[C@H](C)C(=O)NC(C)(C)C)S(C)(=O)=O)c1. The Kier molecular flexibility index (Phi) is 9.25. The smallest absolute Gasteiger partial charge is 0.244 e. The average Bonchev–Trinajstić information content (AvgIpc) is 2.69. The lowest BCUT2D eigenvalue weighted by Gasteiger charge is -2.33. The highest BCUT2D eigenvalue weighted by Gasteiger charge is 2.31.